The number of allylic oxidation sites excluding steroid dienone is 1. The second-order valence-corrected chi connectivity index (χ2v) is 4.78. The summed E-state index contributed by atoms with van der Waals surface area (Å²) in [6, 6.07) is 7.83. The van der Waals surface area contributed by atoms with Gasteiger partial charge in [0.1, 0.15) is 0 Å². The third-order valence-corrected chi connectivity index (χ3v) is 3.41. The van der Waals surface area contributed by atoms with Crippen LogP contribution in [0.2, 0.25) is 0 Å². The van der Waals surface area contributed by atoms with Crippen LogP contribution in [-0.2, 0) is 20.7 Å². The van der Waals surface area contributed by atoms with Gasteiger partial charge in [-0.1, -0.05) is 31.2 Å². The molecule has 0 fully saturated rings. The van der Waals surface area contributed by atoms with Gasteiger partial charge in [-0.2, -0.15) is 0 Å². The summed E-state index contributed by atoms with van der Waals surface area (Å²) in [6.07, 6.45) is 2.62. The number of esters is 1. The zero-order valence-electron chi connectivity index (χ0n) is 12.5. The Kier molecular flexibility index (Phi) is 4.58. The molecule has 21 heavy (non-hydrogen) atoms. The fraction of sp³-hybridized carbons (Fsp3) is 0.294. The number of aryl methyl sites for hydroxylation is 1. The Hall–Kier alpha value is -2.36. The SMILES string of the molecule is CCOC(=O)C1=C(C)NC(=O)/C1=C\c1ccccc1CC. The predicted octanol–water partition coefficient (Wildman–Crippen LogP) is 2.60. The number of carbonyl (C=O) groups is 2. The molecule has 1 aliphatic heterocycles. The highest BCUT2D eigenvalue weighted by Gasteiger charge is 2.30. The van der Waals surface area contributed by atoms with Crippen molar-refractivity contribution in [2.24, 2.45) is 0 Å². The molecule has 4 heteroatoms. The van der Waals surface area contributed by atoms with Crippen molar-refractivity contribution in [1.82, 2.24) is 5.32 Å². The van der Waals surface area contributed by atoms with Gasteiger partial charge in [-0.3, -0.25) is 4.79 Å². The highest BCUT2D eigenvalue weighted by atomic mass is 16.5. The maximum Gasteiger partial charge on any atom is 0.340 e. The molecule has 0 aromatic heterocycles. The lowest BCUT2D eigenvalue weighted by Crippen LogP contribution is -2.15. The molecular formula is C17H19NO3. The molecule has 110 valence electrons. The first-order valence-corrected chi connectivity index (χ1v) is 7.07. The van der Waals surface area contributed by atoms with Crippen molar-refractivity contribution in [3.8, 4) is 0 Å². The van der Waals surface area contributed by atoms with E-state index in [1.165, 1.54) is 0 Å². The molecule has 0 aliphatic carbocycles. The third-order valence-electron chi connectivity index (χ3n) is 3.41. The lowest BCUT2D eigenvalue weighted by Gasteiger charge is -2.06. The van der Waals surface area contributed by atoms with Crippen LogP contribution in [0, 0.1) is 0 Å². The summed E-state index contributed by atoms with van der Waals surface area (Å²) in [5.41, 5.74) is 3.31. The fourth-order valence-corrected chi connectivity index (χ4v) is 2.37. The molecule has 0 unspecified atom stereocenters. The Morgan fingerprint density at radius 2 is 2.00 bits per heavy atom. The van der Waals surface area contributed by atoms with Gasteiger partial charge in [0, 0.05) is 5.70 Å². The van der Waals surface area contributed by atoms with Gasteiger partial charge < -0.3 is 10.1 Å². The lowest BCUT2D eigenvalue weighted by atomic mass is 9.99. The first-order chi connectivity index (χ1) is 10.1. The van der Waals surface area contributed by atoms with E-state index in [1.807, 2.05) is 24.3 Å². The Labute approximate surface area is 124 Å². The number of ether oxygens (including phenoxy) is 1. The molecule has 1 N–H and O–H groups in total. The van der Waals surface area contributed by atoms with Crippen molar-refractivity contribution in [1.29, 1.82) is 0 Å². The Morgan fingerprint density at radius 1 is 1.29 bits per heavy atom. The number of rotatable bonds is 4. The maximum absolute atomic E-state index is 12.1. The van der Waals surface area contributed by atoms with Crippen LogP contribution in [0.1, 0.15) is 31.9 Å². The van der Waals surface area contributed by atoms with E-state index in [9.17, 15) is 9.59 Å². The van der Waals surface area contributed by atoms with E-state index in [1.54, 1.807) is 19.9 Å². The molecule has 0 saturated carbocycles. The molecule has 0 atom stereocenters. The van der Waals surface area contributed by atoms with Crippen molar-refractivity contribution in [3.63, 3.8) is 0 Å². The lowest BCUT2D eigenvalue weighted by molar-refractivity contribution is -0.138. The quantitative estimate of drug-likeness (QED) is 0.683. The molecule has 2 rings (SSSR count). The average Bonchev–Trinajstić information content (AvgIpc) is 2.74. The van der Waals surface area contributed by atoms with Crippen molar-refractivity contribution in [2.75, 3.05) is 6.61 Å². The zero-order chi connectivity index (χ0) is 15.4. The van der Waals surface area contributed by atoms with Crippen molar-refractivity contribution in [2.45, 2.75) is 27.2 Å². The fourth-order valence-electron chi connectivity index (χ4n) is 2.37. The van der Waals surface area contributed by atoms with Crippen LogP contribution in [0.3, 0.4) is 0 Å². The molecule has 1 heterocycles. The third kappa shape index (κ3) is 3.05. The smallest absolute Gasteiger partial charge is 0.340 e. The maximum atomic E-state index is 12.1. The second kappa shape index (κ2) is 6.39. The summed E-state index contributed by atoms with van der Waals surface area (Å²) in [5.74, 6) is -0.727. The van der Waals surface area contributed by atoms with E-state index in [-0.39, 0.29) is 12.5 Å². The Morgan fingerprint density at radius 3 is 2.67 bits per heavy atom. The number of amides is 1. The molecule has 1 aliphatic rings. The molecular weight excluding hydrogens is 266 g/mol. The van der Waals surface area contributed by atoms with Crippen LogP contribution in [0.15, 0.2) is 41.1 Å². The van der Waals surface area contributed by atoms with E-state index in [4.69, 9.17) is 4.74 Å². The number of hydrogen-bond acceptors (Lipinski definition) is 3. The Bertz CT molecular complexity index is 641. The van der Waals surface area contributed by atoms with Crippen molar-refractivity contribution < 1.29 is 14.3 Å². The highest BCUT2D eigenvalue weighted by molar-refractivity contribution is 6.16. The van der Waals surface area contributed by atoms with E-state index >= 15 is 0 Å². The summed E-state index contributed by atoms with van der Waals surface area (Å²) >= 11 is 0. The summed E-state index contributed by atoms with van der Waals surface area (Å²) in [6.45, 7) is 5.78. The molecule has 4 nitrogen and oxygen atoms in total. The van der Waals surface area contributed by atoms with Gasteiger partial charge in [-0.25, -0.2) is 4.79 Å². The minimum atomic E-state index is -0.464. The van der Waals surface area contributed by atoms with Crippen molar-refractivity contribution >= 4 is 18.0 Å². The number of carbonyl (C=O) groups excluding carboxylic acids is 2. The number of benzene rings is 1. The van der Waals surface area contributed by atoms with Gasteiger partial charge in [-0.15, -0.1) is 0 Å². The van der Waals surface area contributed by atoms with Crippen LogP contribution in [0.4, 0.5) is 0 Å². The van der Waals surface area contributed by atoms with Crippen LogP contribution >= 0.6 is 0 Å². The van der Waals surface area contributed by atoms with Crippen LogP contribution < -0.4 is 5.32 Å². The average molecular weight is 285 g/mol. The molecule has 1 aromatic carbocycles. The second-order valence-electron chi connectivity index (χ2n) is 4.78. The first kappa shape index (κ1) is 15.0. The monoisotopic (exact) mass is 285 g/mol. The summed E-state index contributed by atoms with van der Waals surface area (Å²) in [7, 11) is 0. The first-order valence-electron chi connectivity index (χ1n) is 7.07. The molecule has 0 bridgehead atoms. The van der Waals surface area contributed by atoms with Crippen LogP contribution in [-0.4, -0.2) is 18.5 Å². The van der Waals surface area contributed by atoms with Gasteiger partial charge in [0.25, 0.3) is 5.91 Å². The van der Waals surface area contributed by atoms with Gasteiger partial charge in [0.2, 0.25) is 0 Å². The van der Waals surface area contributed by atoms with Gasteiger partial charge in [0.05, 0.1) is 17.8 Å². The molecule has 0 radical (unpaired) electrons. The number of nitrogens with one attached hydrogen (secondary N) is 1. The van der Waals surface area contributed by atoms with Crippen LogP contribution in [0.5, 0.6) is 0 Å². The summed E-state index contributed by atoms with van der Waals surface area (Å²) < 4.78 is 5.04. The molecule has 0 spiro atoms. The normalized spacial score (nSPS) is 16.3. The van der Waals surface area contributed by atoms with E-state index in [2.05, 4.69) is 12.2 Å². The molecule has 1 amide bonds. The highest BCUT2D eigenvalue weighted by Crippen LogP contribution is 2.26. The summed E-state index contributed by atoms with van der Waals surface area (Å²) in [5, 5.41) is 2.69. The molecule has 1 aromatic rings. The molecule has 0 saturated heterocycles. The predicted molar refractivity (Wildman–Crippen MR) is 81.3 cm³/mol. The Balaban J connectivity index is 2.47. The largest absolute Gasteiger partial charge is 0.462 e. The van der Waals surface area contributed by atoms with Gasteiger partial charge >= 0.3 is 5.97 Å². The van der Waals surface area contributed by atoms with Crippen molar-refractivity contribution in [3.05, 3.63) is 52.2 Å². The van der Waals surface area contributed by atoms with E-state index < -0.39 is 5.97 Å². The van der Waals surface area contributed by atoms with Gasteiger partial charge in [-0.05, 0) is 37.5 Å². The minimum absolute atomic E-state index is 0.263. The topological polar surface area (TPSA) is 55.4 Å². The van der Waals surface area contributed by atoms with Crippen LogP contribution in [0.25, 0.3) is 6.08 Å². The van der Waals surface area contributed by atoms with E-state index in [0.29, 0.717) is 16.8 Å². The summed E-state index contributed by atoms with van der Waals surface area (Å²) in [4.78, 5) is 24.1. The van der Waals surface area contributed by atoms with Gasteiger partial charge in [0.15, 0.2) is 0 Å². The minimum Gasteiger partial charge on any atom is -0.462 e. The number of hydrogen-bond donors (Lipinski definition) is 1. The zero-order valence-corrected chi connectivity index (χ0v) is 12.5. The van der Waals surface area contributed by atoms with E-state index in [0.717, 1.165) is 17.5 Å². The standard InChI is InChI=1S/C17H19NO3/c1-4-12-8-6-7-9-13(12)10-14-15(17(20)21-5-2)11(3)18-16(14)19/h6-10H,4-5H2,1-3H3,(H,18,19)/b14-10-.